The van der Waals surface area contributed by atoms with Crippen LogP contribution in [0.25, 0.3) is 0 Å². The summed E-state index contributed by atoms with van der Waals surface area (Å²) in [6, 6.07) is 4.66. The van der Waals surface area contributed by atoms with Gasteiger partial charge in [0.1, 0.15) is 5.82 Å². The zero-order valence-electron chi connectivity index (χ0n) is 11.7. The van der Waals surface area contributed by atoms with Crippen molar-refractivity contribution >= 4 is 0 Å². The smallest absolute Gasteiger partial charge is 0.108 e. The van der Waals surface area contributed by atoms with Gasteiger partial charge in [-0.2, -0.15) is 0 Å². The van der Waals surface area contributed by atoms with Crippen molar-refractivity contribution < 1.29 is 0 Å². The van der Waals surface area contributed by atoms with Crippen molar-refractivity contribution in [2.75, 3.05) is 7.05 Å². The Morgan fingerprint density at radius 3 is 2.74 bits per heavy atom. The number of hydrogen-bond donors (Lipinski definition) is 1. The van der Waals surface area contributed by atoms with E-state index in [9.17, 15) is 0 Å². The van der Waals surface area contributed by atoms with Gasteiger partial charge in [0.25, 0.3) is 0 Å². The Hall–Kier alpha value is -1.68. The molecule has 1 atom stereocenters. The third kappa shape index (κ3) is 4.17. The van der Waals surface area contributed by atoms with Crippen LogP contribution in [-0.2, 0) is 19.9 Å². The fourth-order valence-corrected chi connectivity index (χ4v) is 2.26. The van der Waals surface area contributed by atoms with Crippen LogP contribution in [0.2, 0.25) is 0 Å². The summed E-state index contributed by atoms with van der Waals surface area (Å²) in [5.41, 5.74) is 1.31. The SMILES string of the molecule is CNC(CCc1cccnc1)CCc1nccn1C. The van der Waals surface area contributed by atoms with Gasteiger partial charge in [-0.25, -0.2) is 4.98 Å². The Kier molecular flexibility index (Phi) is 5.10. The molecule has 0 saturated carbocycles. The number of rotatable bonds is 7. The van der Waals surface area contributed by atoms with Gasteiger partial charge in [0.05, 0.1) is 0 Å². The topological polar surface area (TPSA) is 42.7 Å². The van der Waals surface area contributed by atoms with Crippen molar-refractivity contribution in [1.29, 1.82) is 0 Å². The van der Waals surface area contributed by atoms with E-state index in [1.165, 1.54) is 5.56 Å². The molecule has 0 aliphatic carbocycles. The van der Waals surface area contributed by atoms with Gasteiger partial charge in [-0.15, -0.1) is 0 Å². The summed E-state index contributed by atoms with van der Waals surface area (Å²) < 4.78 is 2.09. The molecular weight excluding hydrogens is 236 g/mol. The molecule has 0 fully saturated rings. The predicted octanol–water partition coefficient (Wildman–Crippen LogP) is 1.97. The molecule has 2 aromatic rings. The predicted molar refractivity (Wildman–Crippen MR) is 76.9 cm³/mol. The summed E-state index contributed by atoms with van der Waals surface area (Å²) in [5, 5.41) is 3.40. The van der Waals surface area contributed by atoms with Crippen molar-refractivity contribution in [2.24, 2.45) is 7.05 Å². The first-order chi connectivity index (χ1) is 9.29. The molecule has 1 N–H and O–H groups in total. The highest BCUT2D eigenvalue weighted by molar-refractivity contribution is 5.08. The second kappa shape index (κ2) is 7.04. The minimum Gasteiger partial charge on any atom is -0.338 e. The fourth-order valence-electron chi connectivity index (χ4n) is 2.26. The lowest BCUT2D eigenvalue weighted by atomic mass is 10.0. The van der Waals surface area contributed by atoms with Crippen molar-refractivity contribution in [2.45, 2.75) is 31.7 Å². The summed E-state index contributed by atoms with van der Waals surface area (Å²) in [5.74, 6) is 1.15. The number of pyridine rings is 1. The summed E-state index contributed by atoms with van der Waals surface area (Å²) in [6.07, 6.45) is 12.0. The zero-order valence-corrected chi connectivity index (χ0v) is 11.7. The minimum absolute atomic E-state index is 0.525. The molecule has 19 heavy (non-hydrogen) atoms. The Morgan fingerprint density at radius 2 is 2.11 bits per heavy atom. The number of imidazole rings is 1. The number of nitrogens with zero attached hydrogens (tertiary/aromatic N) is 3. The number of nitrogens with one attached hydrogen (secondary N) is 1. The molecule has 0 aromatic carbocycles. The Labute approximate surface area is 114 Å². The summed E-state index contributed by atoms with van der Waals surface area (Å²) in [7, 11) is 4.08. The highest BCUT2D eigenvalue weighted by Crippen LogP contribution is 2.09. The van der Waals surface area contributed by atoms with Crippen LogP contribution < -0.4 is 5.32 Å². The van der Waals surface area contributed by atoms with Gasteiger partial charge < -0.3 is 9.88 Å². The number of aryl methyl sites for hydroxylation is 3. The second-order valence-corrected chi connectivity index (χ2v) is 4.88. The first kappa shape index (κ1) is 13.7. The molecule has 0 aliphatic rings. The number of aromatic nitrogens is 3. The van der Waals surface area contributed by atoms with E-state index < -0.39 is 0 Å². The summed E-state index contributed by atoms with van der Waals surface area (Å²) in [4.78, 5) is 8.52. The molecule has 1 unspecified atom stereocenters. The molecule has 102 valence electrons. The second-order valence-electron chi connectivity index (χ2n) is 4.88. The van der Waals surface area contributed by atoms with E-state index in [2.05, 4.69) is 25.9 Å². The quantitative estimate of drug-likeness (QED) is 0.825. The standard InChI is InChI=1S/C15H22N4/c1-16-14(6-5-13-4-3-9-17-12-13)7-8-15-18-10-11-19(15)2/h3-4,9-12,14,16H,5-8H2,1-2H3. The van der Waals surface area contributed by atoms with Gasteiger partial charge in [-0.1, -0.05) is 6.07 Å². The first-order valence-corrected chi connectivity index (χ1v) is 6.82. The zero-order chi connectivity index (χ0) is 13.5. The molecule has 0 saturated heterocycles. The van der Waals surface area contributed by atoms with Gasteiger partial charge in [0, 0.05) is 44.3 Å². The minimum atomic E-state index is 0.525. The van der Waals surface area contributed by atoms with Crippen molar-refractivity contribution in [3.63, 3.8) is 0 Å². The molecular formula is C15H22N4. The first-order valence-electron chi connectivity index (χ1n) is 6.82. The lowest BCUT2D eigenvalue weighted by Gasteiger charge is -2.15. The van der Waals surface area contributed by atoms with Crippen LogP contribution in [0.4, 0.5) is 0 Å². The highest BCUT2D eigenvalue weighted by atomic mass is 15.0. The van der Waals surface area contributed by atoms with Crippen LogP contribution in [-0.4, -0.2) is 27.6 Å². The Balaban J connectivity index is 1.79. The van der Waals surface area contributed by atoms with E-state index in [1.807, 2.05) is 44.9 Å². The molecule has 4 nitrogen and oxygen atoms in total. The average molecular weight is 258 g/mol. The fraction of sp³-hybridized carbons (Fsp3) is 0.467. The molecule has 2 rings (SSSR count). The van der Waals surface area contributed by atoms with Gasteiger partial charge in [-0.05, 0) is 37.9 Å². The number of hydrogen-bond acceptors (Lipinski definition) is 3. The molecule has 0 aliphatic heterocycles. The molecule has 0 amide bonds. The molecule has 0 spiro atoms. The largest absolute Gasteiger partial charge is 0.338 e. The molecule has 0 bridgehead atoms. The maximum Gasteiger partial charge on any atom is 0.108 e. The van der Waals surface area contributed by atoms with E-state index in [0.717, 1.165) is 31.5 Å². The average Bonchev–Trinajstić information content (AvgIpc) is 2.86. The normalized spacial score (nSPS) is 12.5. The Bertz CT molecular complexity index is 478. The lowest BCUT2D eigenvalue weighted by Crippen LogP contribution is -2.26. The van der Waals surface area contributed by atoms with Crippen LogP contribution in [0.3, 0.4) is 0 Å². The third-order valence-corrected chi connectivity index (χ3v) is 3.55. The van der Waals surface area contributed by atoms with Gasteiger partial charge in [0.15, 0.2) is 0 Å². The molecule has 2 heterocycles. The maximum atomic E-state index is 4.37. The van der Waals surface area contributed by atoms with E-state index in [1.54, 1.807) is 0 Å². The highest BCUT2D eigenvalue weighted by Gasteiger charge is 2.08. The maximum absolute atomic E-state index is 4.37. The van der Waals surface area contributed by atoms with E-state index in [4.69, 9.17) is 0 Å². The third-order valence-electron chi connectivity index (χ3n) is 3.55. The van der Waals surface area contributed by atoms with Gasteiger partial charge in [0.2, 0.25) is 0 Å². The summed E-state index contributed by atoms with van der Waals surface area (Å²) in [6.45, 7) is 0. The van der Waals surface area contributed by atoms with Crippen LogP contribution in [0.15, 0.2) is 36.9 Å². The molecule has 0 radical (unpaired) electrons. The van der Waals surface area contributed by atoms with Crippen LogP contribution in [0.1, 0.15) is 24.2 Å². The van der Waals surface area contributed by atoms with Crippen LogP contribution in [0, 0.1) is 0 Å². The van der Waals surface area contributed by atoms with Crippen molar-refractivity contribution in [3.05, 3.63) is 48.3 Å². The van der Waals surface area contributed by atoms with Gasteiger partial charge >= 0.3 is 0 Å². The lowest BCUT2D eigenvalue weighted by molar-refractivity contribution is 0.481. The van der Waals surface area contributed by atoms with E-state index >= 15 is 0 Å². The van der Waals surface area contributed by atoms with Gasteiger partial charge in [-0.3, -0.25) is 4.98 Å². The van der Waals surface area contributed by atoms with Crippen molar-refractivity contribution in [1.82, 2.24) is 19.9 Å². The van der Waals surface area contributed by atoms with Crippen molar-refractivity contribution in [3.8, 4) is 0 Å². The summed E-state index contributed by atoms with van der Waals surface area (Å²) >= 11 is 0. The Morgan fingerprint density at radius 1 is 1.26 bits per heavy atom. The molecule has 2 aromatic heterocycles. The van der Waals surface area contributed by atoms with Crippen LogP contribution >= 0.6 is 0 Å². The van der Waals surface area contributed by atoms with Crippen LogP contribution in [0.5, 0.6) is 0 Å². The monoisotopic (exact) mass is 258 g/mol. The van der Waals surface area contributed by atoms with E-state index in [-0.39, 0.29) is 0 Å². The molecule has 4 heteroatoms. The van der Waals surface area contributed by atoms with E-state index in [0.29, 0.717) is 6.04 Å².